The van der Waals surface area contributed by atoms with Crippen LogP contribution in [0.4, 0.5) is 31.1 Å². The summed E-state index contributed by atoms with van der Waals surface area (Å²) in [6, 6.07) is 6.46. The molecular weight excluding hydrogens is 438 g/mol. The Morgan fingerprint density at radius 1 is 0.750 bits per heavy atom. The second kappa shape index (κ2) is 10.1. The summed E-state index contributed by atoms with van der Waals surface area (Å²) in [6.07, 6.45) is -12.1. The molecule has 3 nitrogen and oxygen atoms in total. The summed E-state index contributed by atoms with van der Waals surface area (Å²) < 4.78 is 90.7. The Balaban J connectivity index is 2.42. The van der Waals surface area contributed by atoms with E-state index >= 15 is 0 Å². The second-order valence-corrected chi connectivity index (χ2v) is 6.24. The maximum Gasteiger partial charge on any atom is 0.519 e. The van der Waals surface area contributed by atoms with Gasteiger partial charge in [0.1, 0.15) is 22.6 Å². The highest BCUT2D eigenvalue weighted by molar-refractivity contribution is 5.69. The van der Waals surface area contributed by atoms with Crippen LogP contribution in [0.1, 0.15) is 36.1 Å². The molecule has 2 aromatic carbocycles. The third-order valence-electron chi connectivity index (χ3n) is 4.09. The minimum atomic E-state index is -4.91. The van der Waals surface area contributed by atoms with Gasteiger partial charge in [0, 0.05) is 12.8 Å². The van der Waals surface area contributed by atoms with Crippen LogP contribution in [0.3, 0.4) is 0 Å². The molecule has 0 fully saturated rings. The van der Waals surface area contributed by atoms with Gasteiger partial charge in [-0.25, -0.2) is 4.79 Å². The lowest BCUT2D eigenvalue weighted by Crippen LogP contribution is -2.20. The van der Waals surface area contributed by atoms with Crippen molar-refractivity contribution in [1.29, 1.82) is 0 Å². The van der Waals surface area contributed by atoms with E-state index < -0.39 is 41.1 Å². The van der Waals surface area contributed by atoms with Gasteiger partial charge in [0.25, 0.3) is 0 Å². The van der Waals surface area contributed by atoms with Crippen LogP contribution in [-0.4, -0.2) is 6.16 Å². The maximum absolute atomic E-state index is 13.6. The molecule has 0 amide bonds. The van der Waals surface area contributed by atoms with Crippen molar-refractivity contribution in [3.63, 3.8) is 0 Å². The maximum atomic E-state index is 13.6. The van der Waals surface area contributed by atoms with E-state index in [0.717, 1.165) is 24.3 Å². The minimum absolute atomic E-state index is 0.256. The highest BCUT2D eigenvalue weighted by Gasteiger charge is 2.39. The number of carbonyl (C=O) groups excluding carboxylic acids is 1. The molecule has 0 saturated heterocycles. The zero-order chi connectivity index (χ0) is 23.9. The first-order valence-electron chi connectivity index (χ1n) is 9.06. The van der Waals surface area contributed by atoms with Crippen LogP contribution in [0, 0.1) is 23.7 Å². The van der Waals surface area contributed by atoms with Gasteiger partial charge in [0.15, 0.2) is 0 Å². The van der Waals surface area contributed by atoms with Gasteiger partial charge in [-0.2, -0.15) is 26.3 Å². The molecule has 0 aromatic heterocycles. The number of alkyl halides is 6. The first-order valence-corrected chi connectivity index (χ1v) is 9.06. The van der Waals surface area contributed by atoms with Gasteiger partial charge in [0.05, 0.1) is 0 Å². The fraction of sp³-hybridized carbons (Fsp3) is 0.261. The molecule has 0 N–H and O–H groups in total. The van der Waals surface area contributed by atoms with Crippen molar-refractivity contribution in [3.8, 4) is 35.2 Å². The van der Waals surface area contributed by atoms with Crippen molar-refractivity contribution in [2.24, 2.45) is 0 Å². The lowest BCUT2D eigenvalue weighted by atomic mass is 10.0. The zero-order valence-corrected chi connectivity index (χ0v) is 16.9. The molecule has 0 aliphatic heterocycles. The molecule has 9 heteroatoms. The van der Waals surface area contributed by atoms with Crippen molar-refractivity contribution in [2.75, 3.05) is 0 Å². The average molecular weight is 454 g/mol. The largest absolute Gasteiger partial charge is 0.519 e. The Hall–Kier alpha value is -3.59. The van der Waals surface area contributed by atoms with Crippen molar-refractivity contribution in [3.05, 3.63) is 58.7 Å². The predicted octanol–water partition coefficient (Wildman–Crippen LogP) is 6.43. The van der Waals surface area contributed by atoms with Gasteiger partial charge in [-0.05, 0) is 37.1 Å². The first kappa shape index (κ1) is 24.7. The molecule has 0 aliphatic rings. The van der Waals surface area contributed by atoms with E-state index in [4.69, 9.17) is 0 Å². The first-order chi connectivity index (χ1) is 15.0. The second-order valence-electron chi connectivity index (χ2n) is 6.24. The molecule has 32 heavy (non-hydrogen) atoms. The van der Waals surface area contributed by atoms with Crippen LogP contribution in [0.25, 0.3) is 0 Å². The molecule has 2 aromatic rings. The molecule has 0 aliphatic carbocycles. The van der Waals surface area contributed by atoms with Crippen molar-refractivity contribution < 1.29 is 40.6 Å². The molecule has 0 saturated carbocycles. The number of ether oxygens (including phenoxy) is 2. The summed E-state index contributed by atoms with van der Waals surface area (Å²) in [6.45, 7) is 2.90. The Kier molecular flexibility index (Phi) is 7.82. The van der Waals surface area contributed by atoms with Crippen LogP contribution >= 0.6 is 0 Å². The topological polar surface area (TPSA) is 35.5 Å². The summed E-state index contributed by atoms with van der Waals surface area (Å²) in [5.74, 6) is 8.09. The monoisotopic (exact) mass is 454 g/mol. The molecule has 2 rings (SSSR count). The van der Waals surface area contributed by atoms with Crippen LogP contribution in [-0.2, 0) is 25.2 Å². The van der Waals surface area contributed by atoms with Gasteiger partial charge >= 0.3 is 18.5 Å². The summed E-state index contributed by atoms with van der Waals surface area (Å²) in [4.78, 5) is 12.2. The number of hydrogen-bond acceptors (Lipinski definition) is 3. The number of halogens is 6. The van der Waals surface area contributed by atoms with Gasteiger partial charge < -0.3 is 9.47 Å². The molecule has 0 atom stereocenters. The predicted molar refractivity (Wildman–Crippen MR) is 104 cm³/mol. The fourth-order valence-electron chi connectivity index (χ4n) is 2.83. The van der Waals surface area contributed by atoms with Crippen molar-refractivity contribution >= 4 is 6.16 Å². The van der Waals surface area contributed by atoms with E-state index in [-0.39, 0.29) is 24.0 Å². The summed E-state index contributed by atoms with van der Waals surface area (Å²) in [7, 11) is 0. The molecular formula is C23H16F6O3. The van der Waals surface area contributed by atoms with Crippen LogP contribution in [0.5, 0.6) is 11.5 Å². The Labute approximate surface area is 180 Å². The standard InChI is InChI=1S/C23H16F6O3/c1-3-5-9-15-11-7-13-17(19(15)22(24,25)26)31-21(30)32-18-14-8-12-16(10-6-4-2)20(18)23(27,28)29/h7-8,11-14H,9-10H2,1-2H3. The fourth-order valence-corrected chi connectivity index (χ4v) is 2.83. The van der Waals surface area contributed by atoms with E-state index in [9.17, 15) is 31.1 Å². The molecule has 0 spiro atoms. The van der Waals surface area contributed by atoms with E-state index in [2.05, 4.69) is 33.2 Å². The number of benzene rings is 2. The highest BCUT2D eigenvalue weighted by atomic mass is 19.4. The number of carbonyl (C=O) groups is 1. The molecule has 0 unspecified atom stereocenters. The highest BCUT2D eigenvalue weighted by Crippen LogP contribution is 2.41. The van der Waals surface area contributed by atoms with Crippen LogP contribution in [0.15, 0.2) is 36.4 Å². The van der Waals surface area contributed by atoms with Crippen LogP contribution < -0.4 is 9.47 Å². The molecule has 0 heterocycles. The van der Waals surface area contributed by atoms with E-state index in [1.165, 1.54) is 26.0 Å². The van der Waals surface area contributed by atoms with Gasteiger partial charge in [-0.3, -0.25) is 0 Å². The summed E-state index contributed by atoms with van der Waals surface area (Å²) in [5, 5.41) is 0. The molecule has 0 radical (unpaired) electrons. The summed E-state index contributed by atoms with van der Waals surface area (Å²) >= 11 is 0. The van der Waals surface area contributed by atoms with Gasteiger partial charge in [0.2, 0.25) is 0 Å². The number of rotatable bonds is 4. The van der Waals surface area contributed by atoms with E-state index in [1.54, 1.807) is 0 Å². The smallest absolute Gasteiger partial charge is 0.394 e. The lowest BCUT2D eigenvalue weighted by Gasteiger charge is -2.18. The minimum Gasteiger partial charge on any atom is -0.394 e. The van der Waals surface area contributed by atoms with Gasteiger partial charge in [-0.1, -0.05) is 36.1 Å². The van der Waals surface area contributed by atoms with Crippen molar-refractivity contribution in [2.45, 2.75) is 39.0 Å². The molecule has 168 valence electrons. The average Bonchev–Trinajstić information content (AvgIpc) is 2.68. The zero-order valence-electron chi connectivity index (χ0n) is 16.9. The van der Waals surface area contributed by atoms with E-state index in [1.807, 2.05) is 0 Å². The third kappa shape index (κ3) is 6.21. The third-order valence-corrected chi connectivity index (χ3v) is 4.09. The normalized spacial score (nSPS) is 11.0. The van der Waals surface area contributed by atoms with E-state index in [0.29, 0.717) is 0 Å². The van der Waals surface area contributed by atoms with Crippen LogP contribution in [0.2, 0.25) is 0 Å². The Bertz CT molecular complexity index is 1020. The quantitative estimate of drug-likeness (QED) is 0.231. The lowest BCUT2D eigenvalue weighted by molar-refractivity contribution is -0.139. The Morgan fingerprint density at radius 3 is 1.44 bits per heavy atom. The van der Waals surface area contributed by atoms with Crippen molar-refractivity contribution in [1.82, 2.24) is 0 Å². The Morgan fingerprint density at radius 2 is 1.12 bits per heavy atom. The molecule has 0 bridgehead atoms. The summed E-state index contributed by atoms with van der Waals surface area (Å²) in [5.41, 5.74) is -3.04. The number of hydrogen-bond donors (Lipinski definition) is 0. The SMILES string of the molecule is CC#CCc1cccc(OC(=O)Oc2cccc(CC#CC)c2C(F)(F)F)c1C(F)(F)F. The van der Waals surface area contributed by atoms with Gasteiger partial charge in [-0.15, -0.1) is 11.8 Å².